The first-order valence-corrected chi connectivity index (χ1v) is 11.6. The molecule has 0 N–H and O–H groups in total. The van der Waals surface area contributed by atoms with Gasteiger partial charge in [0.15, 0.2) is 5.78 Å². The average Bonchev–Trinajstić information content (AvgIpc) is 3.17. The van der Waals surface area contributed by atoms with E-state index in [1.165, 1.54) is 17.1 Å². The van der Waals surface area contributed by atoms with Crippen molar-refractivity contribution in [1.82, 2.24) is 0 Å². The molecule has 1 spiro atoms. The lowest BCUT2D eigenvalue weighted by molar-refractivity contribution is -0.131. The van der Waals surface area contributed by atoms with E-state index < -0.39 is 0 Å². The molecule has 25 heavy (non-hydrogen) atoms. The molecular weight excluding hydrogens is 348 g/mol. The second-order valence-electron chi connectivity index (χ2n) is 8.92. The van der Waals surface area contributed by atoms with Gasteiger partial charge in [-0.05, 0) is 55.6 Å². The molecule has 4 heteroatoms. The molecular formula is C21H26O2S2. The third kappa shape index (κ3) is 1.96. The molecule has 0 unspecified atom stereocenters. The summed E-state index contributed by atoms with van der Waals surface area (Å²) in [5.41, 5.74) is 1.21. The van der Waals surface area contributed by atoms with E-state index in [-0.39, 0.29) is 20.7 Å². The van der Waals surface area contributed by atoms with Crippen LogP contribution in [0.5, 0.6) is 0 Å². The highest BCUT2D eigenvalue weighted by molar-refractivity contribution is 8.21. The third-order valence-electron chi connectivity index (χ3n) is 8.19. The summed E-state index contributed by atoms with van der Waals surface area (Å²) in [5, 5.41) is 0. The molecule has 4 fully saturated rings. The van der Waals surface area contributed by atoms with Gasteiger partial charge in [-0.15, -0.1) is 23.5 Å². The quantitative estimate of drug-likeness (QED) is 0.618. The van der Waals surface area contributed by atoms with Crippen molar-refractivity contribution in [3.63, 3.8) is 0 Å². The van der Waals surface area contributed by atoms with Gasteiger partial charge in [-0.1, -0.05) is 25.5 Å². The summed E-state index contributed by atoms with van der Waals surface area (Å²) >= 11 is 4.14. The molecule has 5 atom stereocenters. The monoisotopic (exact) mass is 374 g/mol. The van der Waals surface area contributed by atoms with E-state index in [9.17, 15) is 9.59 Å². The van der Waals surface area contributed by atoms with Crippen LogP contribution in [0.1, 0.15) is 46.0 Å². The fourth-order valence-electron chi connectivity index (χ4n) is 6.81. The number of allylic oxidation sites excluding steroid dienone is 4. The van der Waals surface area contributed by atoms with Gasteiger partial charge in [0.05, 0.1) is 9.49 Å². The number of Topliss-reactive ketones (excluding diaryl/α,β-unsaturated/α-hetero) is 1. The maximum absolute atomic E-state index is 13.1. The Morgan fingerprint density at radius 2 is 1.80 bits per heavy atom. The maximum atomic E-state index is 13.1. The first-order chi connectivity index (χ1) is 11.9. The molecule has 1 saturated heterocycles. The molecule has 134 valence electrons. The number of ketones is 2. The van der Waals surface area contributed by atoms with Gasteiger partial charge in [-0.2, -0.15) is 0 Å². The summed E-state index contributed by atoms with van der Waals surface area (Å²) in [5.74, 6) is 4.75. The number of hydrogen-bond acceptors (Lipinski definition) is 4. The minimum Gasteiger partial charge on any atom is -0.299 e. The van der Waals surface area contributed by atoms with E-state index in [0.29, 0.717) is 23.5 Å². The van der Waals surface area contributed by atoms with Crippen molar-refractivity contribution >= 4 is 35.1 Å². The maximum Gasteiger partial charge on any atom is 0.178 e. The predicted octanol–water partition coefficient (Wildman–Crippen LogP) is 4.65. The van der Waals surface area contributed by atoms with Crippen molar-refractivity contribution in [3.05, 3.63) is 23.8 Å². The van der Waals surface area contributed by atoms with Crippen molar-refractivity contribution in [2.24, 2.45) is 28.6 Å². The van der Waals surface area contributed by atoms with Gasteiger partial charge in [0.2, 0.25) is 0 Å². The van der Waals surface area contributed by atoms with Crippen LogP contribution in [-0.2, 0) is 9.59 Å². The zero-order valence-corrected chi connectivity index (χ0v) is 16.7. The second kappa shape index (κ2) is 5.28. The summed E-state index contributed by atoms with van der Waals surface area (Å²) in [6.45, 7) is 4.67. The number of fused-ring (bicyclic) bond motifs is 6. The number of thioether (sulfide) groups is 2. The van der Waals surface area contributed by atoms with Gasteiger partial charge < -0.3 is 0 Å². The Kier molecular flexibility index (Phi) is 3.52. The molecule has 0 aromatic heterocycles. The largest absolute Gasteiger partial charge is 0.299 e. The topological polar surface area (TPSA) is 34.1 Å². The summed E-state index contributed by atoms with van der Waals surface area (Å²) in [6, 6.07) is 0. The summed E-state index contributed by atoms with van der Waals surface area (Å²) < 4.78 is 0.0627. The minimum atomic E-state index is -0.147. The first kappa shape index (κ1) is 16.7. The fourth-order valence-corrected chi connectivity index (χ4v) is 10.7. The Balaban J connectivity index is 1.63. The smallest absolute Gasteiger partial charge is 0.178 e. The fraction of sp³-hybridized carbons (Fsp3) is 0.714. The molecule has 0 amide bonds. The molecule has 4 aliphatic carbocycles. The van der Waals surface area contributed by atoms with Crippen LogP contribution in [-0.4, -0.2) is 27.2 Å². The molecule has 5 rings (SSSR count). The number of carbonyl (C=O) groups is 2. The van der Waals surface area contributed by atoms with Crippen LogP contribution < -0.4 is 0 Å². The second-order valence-corrected chi connectivity index (χ2v) is 12.0. The van der Waals surface area contributed by atoms with Crippen LogP contribution in [0, 0.1) is 28.6 Å². The molecule has 0 radical (unpaired) electrons. The number of rotatable bonds is 0. The highest BCUT2D eigenvalue weighted by atomic mass is 32.2. The van der Waals surface area contributed by atoms with Crippen LogP contribution in [0.4, 0.5) is 0 Å². The normalized spacial score (nSPS) is 47.4. The molecule has 0 aromatic rings. The van der Waals surface area contributed by atoms with Crippen LogP contribution in [0.25, 0.3) is 0 Å². The van der Waals surface area contributed by atoms with Crippen molar-refractivity contribution in [3.8, 4) is 0 Å². The van der Waals surface area contributed by atoms with E-state index >= 15 is 0 Å². The number of carbonyl (C=O) groups excluding carboxylic acids is 2. The van der Waals surface area contributed by atoms with E-state index in [4.69, 9.17) is 0 Å². The van der Waals surface area contributed by atoms with Crippen molar-refractivity contribution < 1.29 is 9.59 Å². The Morgan fingerprint density at radius 1 is 1.04 bits per heavy atom. The molecule has 0 aromatic carbocycles. The van der Waals surface area contributed by atoms with E-state index in [1.54, 1.807) is 6.08 Å². The first-order valence-electron chi connectivity index (χ1n) is 9.66. The van der Waals surface area contributed by atoms with Crippen molar-refractivity contribution in [2.75, 3.05) is 11.5 Å². The number of hydrogen-bond donors (Lipinski definition) is 0. The summed E-state index contributed by atoms with van der Waals surface area (Å²) in [7, 11) is 0. The van der Waals surface area contributed by atoms with Crippen molar-refractivity contribution in [2.45, 2.75) is 50.0 Å². The zero-order valence-electron chi connectivity index (χ0n) is 15.0. The lowest BCUT2D eigenvalue weighted by Crippen LogP contribution is -2.59. The van der Waals surface area contributed by atoms with Gasteiger partial charge in [-0.25, -0.2) is 0 Å². The molecule has 0 bridgehead atoms. The van der Waals surface area contributed by atoms with Crippen molar-refractivity contribution in [1.29, 1.82) is 0 Å². The molecule has 1 aliphatic heterocycles. The lowest BCUT2D eigenvalue weighted by atomic mass is 9.48. The lowest BCUT2D eigenvalue weighted by Gasteiger charge is -2.61. The summed E-state index contributed by atoms with van der Waals surface area (Å²) in [4.78, 5) is 25.0. The van der Waals surface area contributed by atoms with Crippen LogP contribution in [0.3, 0.4) is 0 Å². The van der Waals surface area contributed by atoms with Crippen LogP contribution >= 0.6 is 23.5 Å². The SMILES string of the molecule is C[C@]12C=CC(=O)C=C1CC[C@@H]1[C@@H]2CC2(SCCS2)[C@]2(C)C(=O)CC[C@@H]12. The molecule has 5 aliphatic rings. The Labute approximate surface area is 158 Å². The molecule has 3 saturated carbocycles. The zero-order chi connectivity index (χ0) is 17.4. The Hall–Kier alpha value is -0.480. The average molecular weight is 375 g/mol. The van der Waals surface area contributed by atoms with Gasteiger partial charge in [0, 0.05) is 23.3 Å². The van der Waals surface area contributed by atoms with E-state index in [1.807, 2.05) is 6.08 Å². The predicted molar refractivity (Wildman–Crippen MR) is 105 cm³/mol. The summed E-state index contributed by atoms with van der Waals surface area (Å²) in [6.07, 6.45) is 11.1. The van der Waals surface area contributed by atoms with Gasteiger partial charge >= 0.3 is 0 Å². The highest BCUT2D eigenvalue weighted by Crippen LogP contribution is 2.73. The standard InChI is InChI=1S/C21H26O2S2/c1-19-8-7-14(22)11-13(19)3-4-15-16-5-6-18(23)20(16,2)21(12-17(15)19)24-9-10-25-21/h7-8,11,15-17H,3-6,9-10,12H2,1-2H3/t15-,16-,17-,19-,20-/m0/s1. The molecule has 1 heterocycles. The van der Waals surface area contributed by atoms with Crippen LogP contribution in [0.2, 0.25) is 0 Å². The van der Waals surface area contributed by atoms with E-state index in [0.717, 1.165) is 32.1 Å². The highest BCUT2D eigenvalue weighted by Gasteiger charge is 2.69. The third-order valence-corrected chi connectivity index (χ3v) is 12.1. The van der Waals surface area contributed by atoms with Gasteiger partial charge in [-0.3, -0.25) is 9.59 Å². The van der Waals surface area contributed by atoms with Crippen LogP contribution in [0.15, 0.2) is 23.8 Å². The van der Waals surface area contributed by atoms with E-state index in [2.05, 4.69) is 43.4 Å². The van der Waals surface area contributed by atoms with Gasteiger partial charge in [0.25, 0.3) is 0 Å². The Bertz CT molecular complexity index is 717. The van der Waals surface area contributed by atoms with Gasteiger partial charge in [0.1, 0.15) is 5.78 Å². The minimum absolute atomic E-state index is 0.0144. The molecule has 2 nitrogen and oxygen atoms in total. The Morgan fingerprint density at radius 3 is 2.56 bits per heavy atom.